The van der Waals surface area contributed by atoms with Crippen LogP contribution >= 0.6 is 15.9 Å². The molecule has 1 aliphatic carbocycles. The predicted molar refractivity (Wildman–Crippen MR) is 94.2 cm³/mol. The van der Waals surface area contributed by atoms with Crippen LogP contribution in [0.3, 0.4) is 0 Å². The molecule has 1 aromatic carbocycles. The smallest absolute Gasteiger partial charge is 0.133 e. The molecule has 1 aliphatic rings. The van der Waals surface area contributed by atoms with Gasteiger partial charge in [0, 0.05) is 29.9 Å². The van der Waals surface area contributed by atoms with E-state index in [1.807, 2.05) is 0 Å². The molecule has 0 radical (unpaired) electrons. The summed E-state index contributed by atoms with van der Waals surface area (Å²) in [5.74, 6) is 1.97. The third kappa shape index (κ3) is 3.39. The number of para-hydroxylation sites is 1. The topological polar surface area (TPSA) is 16.1 Å². The molecule has 3 heteroatoms. The Balaban J connectivity index is 1.86. The third-order valence-electron chi connectivity index (χ3n) is 4.54. The molecule has 0 spiro atoms. The maximum absolute atomic E-state index is 4.91. The van der Waals surface area contributed by atoms with Gasteiger partial charge >= 0.3 is 0 Å². The summed E-state index contributed by atoms with van der Waals surface area (Å²) in [6.07, 6.45) is 6.97. The van der Waals surface area contributed by atoms with Crippen molar-refractivity contribution in [2.75, 3.05) is 18.5 Å². The van der Waals surface area contributed by atoms with Gasteiger partial charge in [0.2, 0.25) is 0 Å². The van der Waals surface area contributed by atoms with Gasteiger partial charge in [-0.15, -0.1) is 0 Å². The molecule has 0 bridgehead atoms. The Kier molecular flexibility index (Phi) is 4.79. The van der Waals surface area contributed by atoms with Crippen molar-refractivity contribution in [1.82, 2.24) is 4.98 Å². The Morgan fingerprint density at radius 3 is 2.71 bits per heavy atom. The summed E-state index contributed by atoms with van der Waals surface area (Å²) in [6, 6.07) is 10.6. The van der Waals surface area contributed by atoms with Crippen LogP contribution in [0.2, 0.25) is 0 Å². The van der Waals surface area contributed by atoms with Gasteiger partial charge in [-0.05, 0) is 30.9 Å². The van der Waals surface area contributed by atoms with Gasteiger partial charge in [-0.25, -0.2) is 4.98 Å². The molecule has 112 valence electrons. The fourth-order valence-corrected chi connectivity index (χ4v) is 3.83. The average molecular weight is 347 g/mol. The molecule has 1 heterocycles. The number of anilines is 1. The van der Waals surface area contributed by atoms with E-state index in [0.29, 0.717) is 0 Å². The highest BCUT2D eigenvalue weighted by atomic mass is 79.9. The van der Waals surface area contributed by atoms with E-state index in [1.54, 1.807) is 0 Å². The first-order valence-electron chi connectivity index (χ1n) is 7.93. The number of halogens is 1. The van der Waals surface area contributed by atoms with E-state index >= 15 is 0 Å². The average Bonchev–Trinajstić information content (AvgIpc) is 2.54. The monoisotopic (exact) mass is 346 g/mol. The summed E-state index contributed by atoms with van der Waals surface area (Å²) in [7, 11) is 2.19. The van der Waals surface area contributed by atoms with Crippen molar-refractivity contribution < 1.29 is 0 Å². The molecule has 0 aliphatic heterocycles. The molecule has 1 fully saturated rings. The second kappa shape index (κ2) is 6.78. The van der Waals surface area contributed by atoms with Crippen LogP contribution in [0.5, 0.6) is 0 Å². The zero-order valence-electron chi connectivity index (χ0n) is 12.7. The molecule has 0 unspecified atom stereocenters. The quantitative estimate of drug-likeness (QED) is 0.712. The van der Waals surface area contributed by atoms with Crippen molar-refractivity contribution in [1.29, 1.82) is 0 Å². The van der Waals surface area contributed by atoms with Gasteiger partial charge in [0.05, 0.1) is 5.52 Å². The first kappa shape index (κ1) is 14.8. The maximum Gasteiger partial charge on any atom is 0.133 e. The highest BCUT2D eigenvalue weighted by molar-refractivity contribution is 9.08. The number of fused-ring (bicyclic) bond motifs is 1. The molecule has 2 aromatic rings. The Hall–Kier alpha value is -1.09. The molecule has 3 rings (SSSR count). The Morgan fingerprint density at radius 1 is 1.19 bits per heavy atom. The highest BCUT2D eigenvalue weighted by Crippen LogP contribution is 2.29. The van der Waals surface area contributed by atoms with E-state index < -0.39 is 0 Å². The van der Waals surface area contributed by atoms with Crippen molar-refractivity contribution in [2.45, 2.75) is 37.4 Å². The zero-order valence-corrected chi connectivity index (χ0v) is 14.3. The van der Waals surface area contributed by atoms with Crippen molar-refractivity contribution in [3.05, 3.63) is 35.9 Å². The SMILES string of the molecule is CN(CC1CCCCC1)c1nc2ccccc2cc1CBr. The van der Waals surface area contributed by atoms with Crippen molar-refractivity contribution in [3.8, 4) is 0 Å². The number of hydrogen-bond acceptors (Lipinski definition) is 2. The number of rotatable bonds is 4. The van der Waals surface area contributed by atoms with Gasteiger partial charge in [-0.1, -0.05) is 53.4 Å². The minimum absolute atomic E-state index is 0.834. The standard InChI is InChI=1S/C18H23BrN2/c1-21(13-14-7-3-2-4-8-14)18-16(12-19)11-15-9-5-6-10-17(15)20-18/h5-6,9-11,14H,2-4,7-8,12-13H2,1H3. The highest BCUT2D eigenvalue weighted by Gasteiger charge is 2.18. The molecule has 1 aromatic heterocycles. The zero-order chi connectivity index (χ0) is 14.7. The molecular weight excluding hydrogens is 324 g/mol. The van der Waals surface area contributed by atoms with Gasteiger partial charge in [0.25, 0.3) is 0 Å². The van der Waals surface area contributed by atoms with Crippen molar-refractivity contribution in [2.24, 2.45) is 5.92 Å². The van der Waals surface area contributed by atoms with Crippen LogP contribution in [0.4, 0.5) is 5.82 Å². The minimum atomic E-state index is 0.834. The van der Waals surface area contributed by atoms with Crippen LogP contribution in [-0.4, -0.2) is 18.6 Å². The molecule has 0 saturated heterocycles. The third-order valence-corrected chi connectivity index (χ3v) is 5.15. The van der Waals surface area contributed by atoms with Crippen molar-refractivity contribution in [3.63, 3.8) is 0 Å². The van der Waals surface area contributed by atoms with Gasteiger partial charge < -0.3 is 4.90 Å². The summed E-state index contributed by atoms with van der Waals surface area (Å²) >= 11 is 3.62. The van der Waals surface area contributed by atoms with Crippen molar-refractivity contribution >= 4 is 32.7 Å². The molecular formula is C18H23BrN2. The lowest BCUT2D eigenvalue weighted by Crippen LogP contribution is -2.28. The van der Waals surface area contributed by atoms with Crippen LogP contribution in [0.1, 0.15) is 37.7 Å². The fourth-order valence-electron chi connectivity index (χ4n) is 3.42. The minimum Gasteiger partial charge on any atom is -0.359 e. The number of benzene rings is 1. The summed E-state index contributed by atoms with van der Waals surface area (Å²) in [4.78, 5) is 7.27. The Morgan fingerprint density at radius 2 is 1.95 bits per heavy atom. The lowest BCUT2D eigenvalue weighted by Gasteiger charge is -2.29. The number of aromatic nitrogens is 1. The van der Waals surface area contributed by atoms with Gasteiger partial charge in [-0.3, -0.25) is 0 Å². The van der Waals surface area contributed by atoms with E-state index in [2.05, 4.69) is 58.2 Å². The molecule has 21 heavy (non-hydrogen) atoms. The van der Waals surface area contributed by atoms with Gasteiger partial charge in [-0.2, -0.15) is 0 Å². The molecule has 1 saturated carbocycles. The molecule has 2 nitrogen and oxygen atoms in total. The molecule has 0 N–H and O–H groups in total. The van der Waals surface area contributed by atoms with E-state index in [0.717, 1.165) is 29.1 Å². The molecule has 0 atom stereocenters. The first-order valence-corrected chi connectivity index (χ1v) is 9.06. The van der Waals surface area contributed by atoms with Crippen LogP contribution in [0.15, 0.2) is 30.3 Å². The summed E-state index contributed by atoms with van der Waals surface area (Å²) < 4.78 is 0. The van der Waals surface area contributed by atoms with Crippen LogP contribution in [-0.2, 0) is 5.33 Å². The Labute approximate surface area is 135 Å². The van der Waals surface area contributed by atoms with E-state index in [9.17, 15) is 0 Å². The summed E-state index contributed by atoms with van der Waals surface area (Å²) in [6.45, 7) is 1.13. The first-order chi connectivity index (χ1) is 10.3. The Bertz CT molecular complexity index is 605. The summed E-state index contributed by atoms with van der Waals surface area (Å²) in [5.41, 5.74) is 2.37. The van der Waals surface area contributed by atoms with Gasteiger partial charge in [0.15, 0.2) is 0 Å². The second-order valence-corrected chi connectivity index (χ2v) is 6.74. The normalized spacial score (nSPS) is 16.3. The van der Waals surface area contributed by atoms with Crippen LogP contribution in [0.25, 0.3) is 10.9 Å². The lowest BCUT2D eigenvalue weighted by atomic mass is 9.89. The second-order valence-electron chi connectivity index (χ2n) is 6.18. The summed E-state index contributed by atoms with van der Waals surface area (Å²) in [5, 5.41) is 2.08. The largest absolute Gasteiger partial charge is 0.359 e. The number of nitrogens with zero attached hydrogens (tertiary/aromatic N) is 2. The fraction of sp³-hybridized carbons (Fsp3) is 0.500. The van der Waals surface area contributed by atoms with Crippen LogP contribution < -0.4 is 4.90 Å². The predicted octanol–water partition coefficient (Wildman–Crippen LogP) is 5.15. The maximum atomic E-state index is 4.91. The van der Waals surface area contributed by atoms with E-state index in [1.165, 1.54) is 43.1 Å². The number of pyridine rings is 1. The molecule has 0 amide bonds. The van der Waals surface area contributed by atoms with E-state index in [4.69, 9.17) is 4.98 Å². The van der Waals surface area contributed by atoms with E-state index in [-0.39, 0.29) is 0 Å². The number of hydrogen-bond donors (Lipinski definition) is 0. The number of alkyl halides is 1. The van der Waals surface area contributed by atoms with Crippen LogP contribution in [0, 0.1) is 5.92 Å². The van der Waals surface area contributed by atoms with Gasteiger partial charge in [0.1, 0.15) is 5.82 Å². The lowest BCUT2D eigenvalue weighted by molar-refractivity contribution is 0.361.